The normalized spacial score (nSPS) is 11.9. The van der Waals surface area contributed by atoms with E-state index < -0.39 is 59.2 Å². The van der Waals surface area contributed by atoms with Crippen LogP contribution in [0.1, 0.15) is 78.2 Å². The van der Waals surface area contributed by atoms with E-state index >= 15 is 0 Å². The number of benzene rings is 1. The lowest BCUT2D eigenvalue weighted by atomic mass is 10.1. The maximum atomic E-state index is 13.4. The first-order valence-electron chi connectivity index (χ1n) is 16.2. The van der Waals surface area contributed by atoms with Crippen LogP contribution in [0.25, 0.3) is 0 Å². The number of ether oxygens (including phenoxy) is 2. The number of esters is 2. The largest absolute Gasteiger partial charge is 0.460 e. The highest BCUT2D eigenvalue weighted by Gasteiger charge is 2.27. The second-order valence-corrected chi connectivity index (χ2v) is 12.0. The molecule has 6 amide bonds. The van der Waals surface area contributed by atoms with Gasteiger partial charge in [0.1, 0.15) is 30.8 Å². The van der Waals surface area contributed by atoms with Crippen LogP contribution in [0, 0.1) is 0 Å². The summed E-state index contributed by atoms with van der Waals surface area (Å²) in [5.41, 5.74) is 0.0568. The average molecular weight is 691 g/mol. The van der Waals surface area contributed by atoms with Crippen LogP contribution in [0.2, 0.25) is 0 Å². The van der Waals surface area contributed by atoms with Crippen LogP contribution in [0.5, 0.6) is 0 Å². The molecule has 0 heterocycles. The number of unbranched alkanes of at least 4 members (excludes halogenated alkanes) is 1. The zero-order valence-electron chi connectivity index (χ0n) is 28.7. The molecule has 0 bridgehead atoms. The monoisotopic (exact) mass is 690 g/mol. The Bertz CT molecular complexity index is 1250. The van der Waals surface area contributed by atoms with E-state index in [1.54, 1.807) is 52.0 Å². The number of rotatable bonds is 23. The number of carbonyl (C=O) groups is 8. The fourth-order valence-electron chi connectivity index (χ4n) is 4.20. The number of hydrogen-bond acceptors (Lipinski definition) is 10. The molecule has 0 fully saturated rings. The third-order valence-electron chi connectivity index (χ3n) is 6.53. The van der Waals surface area contributed by atoms with E-state index in [4.69, 9.17) is 9.47 Å². The molecule has 0 spiro atoms. The van der Waals surface area contributed by atoms with Crippen molar-refractivity contribution in [2.75, 3.05) is 26.2 Å². The Morgan fingerprint density at radius 2 is 1.43 bits per heavy atom. The number of hydrogen-bond donors (Lipinski definition) is 6. The molecule has 1 rings (SSSR count). The van der Waals surface area contributed by atoms with Crippen LogP contribution < -0.4 is 31.9 Å². The van der Waals surface area contributed by atoms with Gasteiger partial charge in [-0.05, 0) is 58.9 Å². The zero-order chi connectivity index (χ0) is 36.7. The maximum absolute atomic E-state index is 13.4. The van der Waals surface area contributed by atoms with E-state index in [-0.39, 0.29) is 64.9 Å². The van der Waals surface area contributed by atoms with Gasteiger partial charge in [-0.3, -0.25) is 38.4 Å². The number of carbonyl (C=O) groups excluding carboxylic acids is 8. The summed E-state index contributed by atoms with van der Waals surface area (Å²) in [6.07, 6.45) is 0.556. The van der Waals surface area contributed by atoms with Crippen molar-refractivity contribution in [1.29, 1.82) is 0 Å². The van der Waals surface area contributed by atoms with E-state index in [0.717, 1.165) is 5.56 Å². The van der Waals surface area contributed by atoms with Gasteiger partial charge >= 0.3 is 11.9 Å². The SMILES string of the molecule is CCNC(=O)C(CCC(=O)NCC(=O)OCc1ccccc1)NC(=O)C(CCCCNC(=O)CNC=O)NC(=O)CCC(=O)OC(C)(C)C. The van der Waals surface area contributed by atoms with Gasteiger partial charge < -0.3 is 41.4 Å². The second kappa shape index (κ2) is 23.3. The maximum Gasteiger partial charge on any atom is 0.325 e. The smallest absolute Gasteiger partial charge is 0.325 e. The molecule has 16 nitrogen and oxygen atoms in total. The van der Waals surface area contributed by atoms with Gasteiger partial charge in [0, 0.05) is 25.9 Å². The van der Waals surface area contributed by atoms with E-state index in [1.807, 2.05) is 6.07 Å². The summed E-state index contributed by atoms with van der Waals surface area (Å²) in [7, 11) is 0. The summed E-state index contributed by atoms with van der Waals surface area (Å²) in [4.78, 5) is 97.6. The zero-order valence-corrected chi connectivity index (χ0v) is 28.7. The summed E-state index contributed by atoms with van der Waals surface area (Å²) in [6.45, 7) is 6.77. The molecule has 0 aliphatic rings. The van der Waals surface area contributed by atoms with E-state index in [1.165, 1.54) is 0 Å². The minimum absolute atomic E-state index is 0.0487. The first-order chi connectivity index (χ1) is 23.2. The molecule has 0 saturated carbocycles. The third-order valence-corrected chi connectivity index (χ3v) is 6.53. The Hall–Kier alpha value is -5.02. The summed E-state index contributed by atoms with van der Waals surface area (Å²) >= 11 is 0. The van der Waals surface area contributed by atoms with Gasteiger partial charge in [0.25, 0.3) is 0 Å². The molecule has 6 N–H and O–H groups in total. The van der Waals surface area contributed by atoms with E-state index in [0.29, 0.717) is 19.3 Å². The van der Waals surface area contributed by atoms with Crippen molar-refractivity contribution >= 4 is 47.9 Å². The molecule has 272 valence electrons. The topological polar surface area (TPSA) is 227 Å². The number of nitrogens with one attached hydrogen (secondary N) is 6. The molecule has 1 aromatic carbocycles. The van der Waals surface area contributed by atoms with Gasteiger partial charge in [-0.15, -0.1) is 0 Å². The summed E-state index contributed by atoms with van der Waals surface area (Å²) in [6, 6.07) is 6.77. The molecular weight excluding hydrogens is 640 g/mol. The number of likely N-dealkylation sites (N-methyl/N-ethyl adjacent to an activating group) is 1. The second-order valence-electron chi connectivity index (χ2n) is 12.0. The highest BCUT2D eigenvalue weighted by Crippen LogP contribution is 2.10. The molecule has 0 radical (unpaired) electrons. The minimum Gasteiger partial charge on any atom is -0.460 e. The number of amides is 6. The molecule has 2 atom stereocenters. The lowest BCUT2D eigenvalue weighted by Gasteiger charge is -2.23. The van der Waals surface area contributed by atoms with Crippen molar-refractivity contribution in [3.8, 4) is 0 Å². The molecule has 16 heteroatoms. The van der Waals surface area contributed by atoms with Gasteiger partial charge in [0.2, 0.25) is 35.9 Å². The van der Waals surface area contributed by atoms with Crippen molar-refractivity contribution in [2.45, 2.75) is 96.9 Å². The fraction of sp³-hybridized carbons (Fsp3) is 0.576. The van der Waals surface area contributed by atoms with Crippen LogP contribution in [-0.2, 0) is 54.4 Å². The lowest BCUT2D eigenvalue weighted by Crippen LogP contribution is -2.54. The van der Waals surface area contributed by atoms with Gasteiger partial charge in [-0.1, -0.05) is 30.3 Å². The van der Waals surface area contributed by atoms with Crippen molar-refractivity contribution < 1.29 is 47.8 Å². The molecule has 2 unspecified atom stereocenters. The van der Waals surface area contributed by atoms with E-state index in [9.17, 15) is 38.4 Å². The van der Waals surface area contributed by atoms with Crippen molar-refractivity contribution in [2.24, 2.45) is 0 Å². The highest BCUT2D eigenvalue weighted by molar-refractivity contribution is 5.93. The van der Waals surface area contributed by atoms with Crippen LogP contribution in [0.4, 0.5) is 0 Å². The quantitative estimate of drug-likeness (QED) is 0.0507. The Kier molecular flexibility index (Phi) is 20.0. The third kappa shape index (κ3) is 20.7. The molecule has 0 aliphatic heterocycles. The molecule has 1 aromatic rings. The first-order valence-corrected chi connectivity index (χ1v) is 16.2. The van der Waals surface area contributed by atoms with Crippen molar-refractivity contribution in [3.63, 3.8) is 0 Å². The predicted octanol–water partition coefficient (Wildman–Crippen LogP) is -0.114. The lowest BCUT2D eigenvalue weighted by molar-refractivity contribution is -0.155. The van der Waals surface area contributed by atoms with Crippen molar-refractivity contribution in [1.82, 2.24) is 31.9 Å². The highest BCUT2D eigenvalue weighted by atomic mass is 16.6. The van der Waals surface area contributed by atoms with Gasteiger partial charge in [-0.2, -0.15) is 0 Å². The average Bonchev–Trinajstić information content (AvgIpc) is 3.05. The fourth-order valence-corrected chi connectivity index (χ4v) is 4.20. The van der Waals surface area contributed by atoms with Gasteiger partial charge in [-0.25, -0.2) is 0 Å². The molecule has 49 heavy (non-hydrogen) atoms. The van der Waals surface area contributed by atoms with Crippen LogP contribution >= 0.6 is 0 Å². The van der Waals surface area contributed by atoms with Crippen molar-refractivity contribution in [3.05, 3.63) is 35.9 Å². The van der Waals surface area contributed by atoms with E-state index in [2.05, 4.69) is 31.9 Å². The predicted molar refractivity (Wildman–Crippen MR) is 177 cm³/mol. The Balaban J connectivity index is 2.80. The standard InChI is InChI=1S/C33H50N6O10/c1-5-35-31(46)25(14-15-26(41)37-20-30(45)48-21-23-11-7-6-8-12-23)39-32(47)24(13-9-10-18-36-28(43)19-34-22-40)38-27(42)16-17-29(44)49-33(2,3)4/h6-8,11-12,22,24-25H,5,9-10,13-21H2,1-4H3,(H,34,40)(H,35,46)(H,36,43)(H,37,41)(H,38,42)(H,39,47). The Morgan fingerprint density at radius 1 is 0.735 bits per heavy atom. The van der Waals surface area contributed by atoms with Crippen LogP contribution in [0.3, 0.4) is 0 Å². The Labute approximate surface area is 286 Å². The van der Waals surface area contributed by atoms with Crippen LogP contribution in [-0.4, -0.2) is 91.7 Å². The van der Waals surface area contributed by atoms with Gasteiger partial charge in [0.15, 0.2) is 0 Å². The molecule has 0 saturated heterocycles. The first kappa shape index (κ1) is 42.0. The summed E-state index contributed by atoms with van der Waals surface area (Å²) in [5, 5.41) is 15.1. The molecular formula is C33H50N6O10. The summed E-state index contributed by atoms with van der Waals surface area (Å²) < 4.78 is 10.4. The molecule has 0 aliphatic carbocycles. The minimum atomic E-state index is -1.14. The summed E-state index contributed by atoms with van der Waals surface area (Å²) in [5.74, 6) is -3.99. The Morgan fingerprint density at radius 3 is 2.08 bits per heavy atom. The van der Waals surface area contributed by atoms with Crippen LogP contribution in [0.15, 0.2) is 30.3 Å². The molecule has 0 aromatic heterocycles. The van der Waals surface area contributed by atoms with Gasteiger partial charge in [0.05, 0.1) is 13.0 Å².